The van der Waals surface area contributed by atoms with Crippen molar-refractivity contribution in [2.75, 3.05) is 11.9 Å². The number of ketones is 1. The van der Waals surface area contributed by atoms with Crippen molar-refractivity contribution in [3.05, 3.63) is 59.7 Å². The van der Waals surface area contributed by atoms with Crippen molar-refractivity contribution in [3.63, 3.8) is 0 Å². The van der Waals surface area contributed by atoms with Gasteiger partial charge in [-0.05, 0) is 55.3 Å². The van der Waals surface area contributed by atoms with E-state index in [0.717, 1.165) is 5.56 Å². The normalized spacial score (nSPS) is 10.1. The van der Waals surface area contributed by atoms with Gasteiger partial charge >= 0.3 is 0 Å². The van der Waals surface area contributed by atoms with Crippen LogP contribution in [0.2, 0.25) is 0 Å². The summed E-state index contributed by atoms with van der Waals surface area (Å²) in [5.41, 5.74) is 7.13. The van der Waals surface area contributed by atoms with Gasteiger partial charge < -0.3 is 20.6 Å². The van der Waals surface area contributed by atoms with Crippen molar-refractivity contribution in [3.8, 4) is 5.75 Å². The first kappa shape index (κ1) is 18.2. The Labute approximate surface area is 146 Å². The van der Waals surface area contributed by atoms with Crippen LogP contribution in [0, 0.1) is 0 Å². The molecule has 0 radical (unpaired) electrons. The molecule has 2 amide bonds. The second-order valence-electron chi connectivity index (χ2n) is 5.62. The van der Waals surface area contributed by atoms with Crippen molar-refractivity contribution in [1.29, 1.82) is 0 Å². The summed E-state index contributed by atoms with van der Waals surface area (Å²) in [6, 6.07) is 13.6. The second-order valence-corrected chi connectivity index (χ2v) is 5.62. The van der Waals surface area contributed by atoms with Crippen molar-refractivity contribution < 1.29 is 19.1 Å². The van der Waals surface area contributed by atoms with Crippen LogP contribution in [-0.2, 0) is 16.0 Å². The monoisotopic (exact) mass is 340 g/mol. The van der Waals surface area contributed by atoms with Gasteiger partial charge in [0.05, 0.1) is 0 Å². The minimum absolute atomic E-state index is 0.135. The molecule has 0 aliphatic carbocycles. The molecule has 2 rings (SSSR count). The van der Waals surface area contributed by atoms with Gasteiger partial charge in [0.25, 0.3) is 5.91 Å². The zero-order chi connectivity index (χ0) is 18.2. The minimum Gasteiger partial charge on any atom is -0.484 e. The zero-order valence-corrected chi connectivity index (χ0v) is 14.0. The highest BCUT2D eigenvalue weighted by molar-refractivity contribution is 5.95. The Morgan fingerprint density at radius 3 is 2.20 bits per heavy atom. The molecule has 0 bridgehead atoms. The Balaban J connectivity index is 1.81. The summed E-state index contributed by atoms with van der Waals surface area (Å²) in [6.07, 6.45) is 1.20. The number of nitrogens with two attached hydrogens (primary N) is 1. The standard InChI is InChI=1S/C19H20N2O4/c1-13(22)2-3-14-4-10-17(11-5-14)25-12-18(23)21-16-8-6-15(7-9-16)19(20)24/h4-11H,2-3,12H2,1H3,(H2,20,24)(H,21,23). The lowest BCUT2D eigenvalue weighted by atomic mass is 10.1. The first-order valence-electron chi connectivity index (χ1n) is 7.85. The Morgan fingerprint density at radius 2 is 1.64 bits per heavy atom. The summed E-state index contributed by atoms with van der Waals surface area (Å²) in [6.45, 7) is 1.43. The molecule has 2 aromatic rings. The maximum atomic E-state index is 11.9. The third kappa shape index (κ3) is 6.10. The van der Waals surface area contributed by atoms with Gasteiger partial charge in [-0.2, -0.15) is 0 Å². The molecule has 0 aliphatic heterocycles. The molecule has 0 heterocycles. The number of ether oxygens (including phenoxy) is 1. The zero-order valence-electron chi connectivity index (χ0n) is 14.0. The van der Waals surface area contributed by atoms with Crippen LogP contribution in [0.4, 0.5) is 5.69 Å². The summed E-state index contributed by atoms with van der Waals surface area (Å²) in [7, 11) is 0. The molecule has 130 valence electrons. The van der Waals surface area contributed by atoms with Crippen molar-refractivity contribution in [2.45, 2.75) is 19.8 Å². The van der Waals surface area contributed by atoms with Gasteiger partial charge in [-0.3, -0.25) is 9.59 Å². The van der Waals surface area contributed by atoms with E-state index in [4.69, 9.17) is 10.5 Å². The Bertz CT molecular complexity index is 752. The maximum absolute atomic E-state index is 11.9. The molecule has 0 fully saturated rings. The van der Waals surface area contributed by atoms with E-state index >= 15 is 0 Å². The average Bonchev–Trinajstić information content (AvgIpc) is 2.59. The summed E-state index contributed by atoms with van der Waals surface area (Å²) < 4.78 is 5.43. The summed E-state index contributed by atoms with van der Waals surface area (Å²) in [5.74, 6) is -0.105. The highest BCUT2D eigenvalue weighted by Crippen LogP contribution is 2.14. The van der Waals surface area contributed by atoms with Gasteiger partial charge in [-0.1, -0.05) is 12.1 Å². The number of carbonyl (C=O) groups is 3. The predicted octanol–water partition coefficient (Wildman–Crippen LogP) is 2.32. The van der Waals surface area contributed by atoms with Crippen LogP contribution < -0.4 is 15.8 Å². The third-order valence-corrected chi connectivity index (χ3v) is 3.51. The van der Waals surface area contributed by atoms with Gasteiger partial charge in [0.15, 0.2) is 6.61 Å². The van der Waals surface area contributed by atoms with Crippen molar-refractivity contribution in [2.24, 2.45) is 5.73 Å². The summed E-state index contributed by atoms with van der Waals surface area (Å²) >= 11 is 0. The molecule has 25 heavy (non-hydrogen) atoms. The molecule has 0 aliphatic rings. The molecular formula is C19H20N2O4. The van der Waals surface area contributed by atoms with Crippen LogP contribution in [0.3, 0.4) is 0 Å². The van der Waals surface area contributed by atoms with E-state index in [1.54, 1.807) is 43.3 Å². The number of Topliss-reactive ketones (excluding diaryl/α,β-unsaturated/α-hetero) is 1. The van der Waals surface area contributed by atoms with E-state index < -0.39 is 5.91 Å². The molecule has 0 saturated heterocycles. The Hall–Kier alpha value is -3.15. The number of amides is 2. The highest BCUT2D eigenvalue weighted by Gasteiger charge is 2.05. The van der Waals surface area contributed by atoms with Crippen LogP contribution in [0.15, 0.2) is 48.5 Å². The molecular weight excluding hydrogens is 320 g/mol. The lowest BCUT2D eigenvalue weighted by Gasteiger charge is -2.08. The number of nitrogens with one attached hydrogen (secondary N) is 1. The number of hydrogen-bond donors (Lipinski definition) is 2. The van der Waals surface area contributed by atoms with E-state index in [0.29, 0.717) is 29.8 Å². The first-order chi connectivity index (χ1) is 11.9. The van der Waals surface area contributed by atoms with Gasteiger partial charge in [0, 0.05) is 17.7 Å². The van der Waals surface area contributed by atoms with E-state index in [2.05, 4.69) is 5.32 Å². The Kier molecular flexibility index (Phi) is 6.28. The number of hydrogen-bond acceptors (Lipinski definition) is 4. The largest absolute Gasteiger partial charge is 0.484 e. The second kappa shape index (κ2) is 8.63. The van der Waals surface area contributed by atoms with Crippen LogP contribution in [0.25, 0.3) is 0 Å². The van der Waals surface area contributed by atoms with Gasteiger partial charge in [0.2, 0.25) is 5.91 Å². The third-order valence-electron chi connectivity index (χ3n) is 3.51. The lowest BCUT2D eigenvalue weighted by molar-refractivity contribution is -0.118. The molecule has 6 nitrogen and oxygen atoms in total. The summed E-state index contributed by atoms with van der Waals surface area (Å²) in [4.78, 5) is 33.8. The highest BCUT2D eigenvalue weighted by atomic mass is 16.5. The average molecular weight is 340 g/mol. The van der Waals surface area contributed by atoms with Crippen LogP contribution >= 0.6 is 0 Å². The fourth-order valence-electron chi connectivity index (χ4n) is 2.14. The smallest absolute Gasteiger partial charge is 0.262 e. The Morgan fingerprint density at radius 1 is 1.00 bits per heavy atom. The SMILES string of the molecule is CC(=O)CCc1ccc(OCC(=O)Nc2ccc(C(N)=O)cc2)cc1. The number of primary amides is 1. The minimum atomic E-state index is -0.520. The predicted molar refractivity (Wildman–Crippen MR) is 94.5 cm³/mol. The molecule has 0 atom stereocenters. The number of rotatable bonds is 8. The van der Waals surface area contributed by atoms with Gasteiger partial charge in [0.1, 0.15) is 11.5 Å². The van der Waals surface area contributed by atoms with E-state index in [9.17, 15) is 14.4 Å². The summed E-state index contributed by atoms with van der Waals surface area (Å²) in [5, 5.41) is 2.67. The quantitative estimate of drug-likeness (QED) is 0.770. The molecule has 0 spiro atoms. The number of carbonyl (C=O) groups excluding carboxylic acids is 3. The van der Waals surface area contributed by atoms with E-state index in [1.165, 1.54) is 0 Å². The van der Waals surface area contributed by atoms with Crippen LogP contribution in [0.5, 0.6) is 5.75 Å². The van der Waals surface area contributed by atoms with E-state index in [1.807, 2.05) is 12.1 Å². The number of aryl methyl sites for hydroxylation is 1. The lowest BCUT2D eigenvalue weighted by Crippen LogP contribution is -2.20. The maximum Gasteiger partial charge on any atom is 0.262 e. The number of anilines is 1. The molecule has 3 N–H and O–H groups in total. The first-order valence-corrected chi connectivity index (χ1v) is 7.85. The fourth-order valence-corrected chi connectivity index (χ4v) is 2.14. The molecule has 6 heteroatoms. The van der Waals surface area contributed by atoms with Crippen molar-refractivity contribution in [1.82, 2.24) is 0 Å². The molecule has 2 aromatic carbocycles. The topological polar surface area (TPSA) is 98.5 Å². The van der Waals surface area contributed by atoms with E-state index in [-0.39, 0.29) is 18.3 Å². The van der Waals surface area contributed by atoms with Crippen LogP contribution in [-0.4, -0.2) is 24.2 Å². The van der Waals surface area contributed by atoms with Crippen molar-refractivity contribution >= 4 is 23.3 Å². The molecule has 0 unspecified atom stereocenters. The van der Waals surface area contributed by atoms with Crippen LogP contribution in [0.1, 0.15) is 29.3 Å². The van der Waals surface area contributed by atoms with Gasteiger partial charge in [-0.25, -0.2) is 0 Å². The molecule has 0 aromatic heterocycles. The fraction of sp³-hybridized carbons (Fsp3) is 0.211. The molecule has 0 saturated carbocycles. The number of benzene rings is 2. The van der Waals surface area contributed by atoms with Gasteiger partial charge in [-0.15, -0.1) is 0 Å².